The number of rotatable bonds is 19. The van der Waals surface area contributed by atoms with Crippen LogP contribution in [-0.2, 0) is 43.3 Å². The first-order chi connectivity index (χ1) is 36.1. The summed E-state index contributed by atoms with van der Waals surface area (Å²) in [5.74, 6) is 4.21. The van der Waals surface area contributed by atoms with Crippen molar-refractivity contribution in [3.05, 3.63) is 244 Å². The third kappa shape index (κ3) is 11.3. The van der Waals surface area contributed by atoms with Gasteiger partial charge in [-0.3, -0.25) is 0 Å². The molecule has 0 radical (unpaired) electrons. The summed E-state index contributed by atoms with van der Waals surface area (Å²) in [5, 5.41) is 0. The van der Waals surface area contributed by atoms with Crippen LogP contribution in [0.25, 0.3) is 0 Å². The summed E-state index contributed by atoms with van der Waals surface area (Å²) in [6.45, 7) is 26.2. The Balaban J connectivity index is 0.963. The summed E-state index contributed by atoms with van der Waals surface area (Å²) in [4.78, 5) is 0.695. The van der Waals surface area contributed by atoms with E-state index in [4.69, 9.17) is 18.9 Å². The molecule has 0 aromatic heterocycles. The Kier molecular flexibility index (Phi) is 15.7. The van der Waals surface area contributed by atoms with E-state index in [1.165, 1.54) is 11.1 Å². The first-order valence-corrected chi connectivity index (χ1v) is 28.2. The first kappa shape index (κ1) is 54.6. The van der Waals surface area contributed by atoms with E-state index in [-0.39, 0.29) is 25.0 Å². The Morgan fingerprint density at radius 2 is 0.711 bits per heavy atom. The Hall–Kier alpha value is -7.66. The maximum Gasteiger partial charge on any atom is 0.206 e. The third-order valence-corrected chi connectivity index (χ3v) is 17.9. The molecule has 0 saturated heterocycles. The second-order valence-corrected chi connectivity index (χ2v) is 24.4. The molecule has 0 amide bonds. The fraction of sp³-hybridized carbons (Fsp3) is 0.212. The van der Waals surface area contributed by atoms with Crippen molar-refractivity contribution in [2.75, 3.05) is 7.11 Å². The van der Waals surface area contributed by atoms with E-state index >= 15 is 0 Å². The molecule has 0 heterocycles. The van der Waals surface area contributed by atoms with E-state index in [1.807, 2.05) is 64.1 Å². The van der Waals surface area contributed by atoms with Gasteiger partial charge in [0.1, 0.15) is 40.2 Å². The Morgan fingerprint density at radius 1 is 0.395 bits per heavy atom. The molecule has 0 spiro atoms. The van der Waals surface area contributed by atoms with Crippen molar-refractivity contribution in [3.8, 4) is 40.2 Å². The standard InChI is InChI=1S/C66H66O8S2/c1-13-15-48-41-52(23-31-63(48)73-61-35-29-57(39-46(61)6)75(67,68)55-27-33-59(71-12)44(4)37-55)66(10,11)53-24-32-64(49(42-53)16-14-2)74-62-36-30-58(40-47(62)7)76(69,70)56-28-34-60(45(5)38-56)72-54-25-21-51(22-26-54)65(8,9)50-19-17-43(3)18-20-50/h13-14,17-42H,1-2,15-16H2,3-12H3. The van der Waals surface area contributed by atoms with Gasteiger partial charge >= 0.3 is 0 Å². The quantitative estimate of drug-likeness (QED) is 0.0738. The van der Waals surface area contributed by atoms with Gasteiger partial charge in [-0.1, -0.05) is 106 Å². The Labute approximate surface area is 450 Å². The second kappa shape index (κ2) is 21.9. The fourth-order valence-corrected chi connectivity index (χ4v) is 12.2. The summed E-state index contributed by atoms with van der Waals surface area (Å²) in [5.41, 5.74) is 9.66. The van der Waals surface area contributed by atoms with Crippen LogP contribution in [-0.4, -0.2) is 23.9 Å². The van der Waals surface area contributed by atoms with Crippen molar-refractivity contribution in [2.24, 2.45) is 0 Å². The summed E-state index contributed by atoms with van der Waals surface area (Å²) < 4.78 is 80.0. The molecule has 0 aliphatic heterocycles. The molecule has 0 bridgehead atoms. The molecule has 0 atom stereocenters. The van der Waals surface area contributed by atoms with Crippen LogP contribution >= 0.6 is 0 Å². The van der Waals surface area contributed by atoms with Gasteiger partial charge < -0.3 is 18.9 Å². The number of methoxy groups -OCH3 is 1. The minimum atomic E-state index is -3.89. The minimum Gasteiger partial charge on any atom is -0.496 e. The van der Waals surface area contributed by atoms with Crippen LogP contribution in [0, 0.1) is 34.6 Å². The predicted octanol–water partition coefficient (Wildman–Crippen LogP) is 16.4. The van der Waals surface area contributed by atoms with Crippen molar-refractivity contribution in [1.29, 1.82) is 0 Å². The minimum absolute atomic E-state index is 0.159. The average molecular weight is 1050 g/mol. The smallest absolute Gasteiger partial charge is 0.206 e. The summed E-state index contributed by atoms with van der Waals surface area (Å²) in [6, 6.07) is 48.5. The number of ether oxygens (including phenoxy) is 4. The number of benzene rings is 8. The van der Waals surface area contributed by atoms with Crippen LogP contribution in [0.3, 0.4) is 0 Å². The van der Waals surface area contributed by atoms with Gasteiger partial charge in [-0.15, -0.1) is 13.2 Å². The molecule has 10 heteroatoms. The highest BCUT2D eigenvalue weighted by atomic mass is 32.2. The highest BCUT2D eigenvalue weighted by Gasteiger charge is 2.28. The van der Waals surface area contributed by atoms with Gasteiger partial charge in [0.25, 0.3) is 0 Å². The number of allylic oxidation sites excluding steroid dienone is 2. The van der Waals surface area contributed by atoms with Gasteiger partial charge in [0.2, 0.25) is 19.7 Å². The molecule has 0 unspecified atom stereocenters. The van der Waals surface area contributed by atoms with Gasteiger partial charge in [-0.25, -0.2) is 16.8 Å². The van der Waals surface area contributed by atoms with Crippen LogP contribution in [0.5, 0.6) is 40.2 Å². The molecule has 0 aliphatic carbocycles. The van der Waals surface area contributed by atoms with Gasteiger partial charge in [0, 0.05) is 10.8 Å². The lowest BCUT2D eigenvalue weighted by atomic mass is 9.76. The van der Waals surface area contributed by atoms with Crippen LogP contribution in [0.1, 0.15) is 88.9 Å². The van der Waals surface area contributed by atoms with E-state index in [0.717, 1.165) is 33.4 Å². The average Bonchev–Trinajstić information content (AvgIpc) is 3.40. The lowest BCUT2D eigenvalue weighted by Gasteiger charge is -2.28. The molecular formula is C66H66O8S2. The van der Waals surface area contributed by atoms with Crippen molar-refractivity contribution in [1.82, 2.24) is 0 Å². The highest BCUT2D eigenvalue weighted by molar-refractivity contribution is 7.91. The Bertz CT molecular complexity index is 3720. The predicted molar refractivity (Wildman–Crippen MR) is 305 cm³/mol. The zero-order valence-electron chi connectivity index (χ0n) is 45.1. The van der Waals surface area contributed by atoms with Crippen LogP contribution in [0.2, 0.25) is 0 Å². The van der Waals surface area contributed by atoms with Crippen molar-refractivity contribution in [2.45, 2.75) is 106 Å². The van der Waals surface area contributed by atoms with Gasteiger partial charge in [0.15, 0.2) is 0 Å². The van der Waals surface area contributed by atoms with Crippen molar-refractivity contribution in [3.63, 3.8) is 0 Å². The summed E-state index contributed by atoms with van der Waals surface area (Å²) >= 11 is 0. The topological polar surface area (TPSA) is 105 Å². The number of sulfone groups is 2. The van der Waals surface area contributed by atoms with Crippen molar-refractivity contribution >= 4 is 19.7 Å². The van der Waals surface area contributed by atoms with Crippen LogP contribution in [0.15, 0.2) is 203 Å². The van der Waals surface area contributed by atoms with E-state index in [9.17, 15) is 16.8 Å². The van der Waals surface area contributed by atoms with E-state index in [0.29, 0.717) is 69.8 Å². The van der Waals surface area contributed by atoms with Gasteiger partial charge in [0.05, 0.1) is 26.7 Å². The molecular weight excluding hydrogens is 985 g/mol. The van der Waals surface area contributed by atoms with Crippen LogP contribution < -0.4 is 18.9 Å². The summed E-state index contributed by atoms with van der Waals surface area (Å²) in [7, 11) is -6.12. The molecule has 0 N–H and O–H groups in total. The third-order valence-electron chi connectivity index (χ3n) is 14.4. The zero-order valence-corrected chi connectivity index (χ0v) is 46.7. The molecule has 8 nitrogen and oxygen atoms in total. The lowest BCUT2D eigenvalue weighted by molar-refractivity contribution is 0.411. The fourth-order valence-electron chi connectivity index (χ4n) is 9.37. The lowest BCUT2D eigenvalue weighted by Crippen LogP contribution is -2.19. The van der Waals surface area contributed by atoms with E-state index < -0.39 is 25.1 Å². The zero-order chi connectivity index (χ0) is 54.7. The number of hydrogen-bond acceptors (Lipinski definition) is 8. The first-order valence-electron chi connectivity index (χ1n) is 25.2. The number of hydrogen-bond donors (Lipinski definition) is 0. The largest absolute Gasteiger partial charge is 0.496 e. The van der Waals surface area contributed by atoms with E-state index in [2.05, 4.69) is 108 Å². The SMILES string of the molecule is C=CCc1cc(C(C)(C)c2ccc(Oc3ccc(S(=O)(=O)c4ccc(Oc5ccc(C(C)(C)c6ccc(C)cc6)cc5)c(C)c4)cc3C)c(CC=C)c2)ccc1Oc1ccc(S(=O)(=O)c2ccc(OC)c(C)c2)cc1C. The monoisotopic (exact) mass is 1050 g/mol. The Morgan fingerprint density at radius 3 is 1.07 bits per heavy atom. The molecule has 0 saturated carbocycles. The summed E-state index contributed by atoms with van der Waals surface area (Å²) in [6.07, 6.45) is 4.75. The normalized spacial score (nSPS) is 12.0. The molecule has 76 heavy (non-hydrogen) atoms. The molecule has 8 rings (SSSR count). The van der Waals surface area contributed by atoms with Gasteiger partial charge in [-0.2, -0.15) is 0 Å². The maximum atomic E-state index is 14.1. The molecule has 8 aromatic rings. The van der Waals surface area contributed by atoms with Crippen LogP contribution in [0.4, 0.5) is 0 Å². The second-order valence-electron chi connectivity index (χ2n) is 20.5. The van der Waals surface area contributed by atoms with Gasteiger partial charge in [-0.05, 0) is 200 Å². The number of aryl methyl sites for hydroxylation is 5. The molecule has 8 aromatic carbocycles. The molecule has 390 valence electrons. The highest BCUT2D eigenvalue weighted by Crippen LogP contribution is 2.41. The molecule has 0 fully saturated rings. The molecule has 0 aliphatic rings. The van der Waals surface area contributed by atoms with E-state index in [1.54, 1.807) is 79.9 Å². The maximum absolute atomic E-state index is 14.1. The van der Waals surface area contributed by atoms with Crippen molar-refractivity contribution < 1.29 is 35.8 Å².